The minimum Gasteiger partial charge on any atom is -0.378 e. The molecule has 0 aromatic carbocycles. The third-order valence-corrected chi connectivity index (χ3v) is 4.88. The zero-order valence-corrected chi connectivity index (χ0v) is 14.0. The number of anilines is 1. The first-order chi connectivity index (χ1) is 11.6. The van der Waals surface area contributed by atoms with Gasteiger partial charge in [-0.3, -0.25) is 9.59 Å². The van der Waals surface area contributed by atoms with Crippen LogP contribution in [0.5, 0.6) is 0 Å². The molecule has 0 aliphatic carbocycles. The van der Waals surface area contributed by atoms with E-state index in [1.807, 2.05) is 13.0 Å². The summed E-state index contributed by atoms with van der Waals surface area (Å²) >= 11 is 0. The van der Waals surface area contributed by atoms with Crippen LogP contribution in [-0.4, -0.2) is 60.6 Å². The van der Waals surface area contributed by atoms with Gasteiger partial charge in [0.2, 0.25) is 5.91 Å². The first kappa shape index (κ1) is 16.7. The lowest BCUT2D eigenvalue weighted by Gasteiger charge is -2.37. The molecule has 2 fully saturated rings. The first-order valence-electron chi connectivity index (χ1n) is 8.45. The van der Waals surface area contributed by atoms with Gasteiger partial charge in [-0.1, -0.05) is 0 Å². The summed E-state index contributed by atoms with van der Waals surface area (Å²) in [5, 5.41) is 0. The van der Waals surface area contributed by atoms with Gasteiger partial charge < -0.3 is 20.3 Å². The van der Waals surface area contributed by atoms with Gasteiger partial charge in [0.25, 0.3) is 5.91 Å². The number of rotatable bonds is 3. The predicted molar refractivity (Wildman–Crippen MR) is 89.7 cm³/mol. The van der Waals surface area contributed by atoms with E-state index in [1.165, 1.54) is 0 Å². The Hall–Kier alpha value is -2.15. The zero-order valence-electron chi connectivity index (χ0n) is 14.0. The fraction of sp³-hybridized carbons (Fsp3) is 0.588. The van der Waals surface area contributed by atoms with Crippen LogP contribution in [-0.2, 0) is 9.53 Å². The van der Waals surface area contributed by atoms with Crippen LogP contribution in [0.3, 0.4) is 0 Å². The number of likely N-dealkylation sites (tertiary alicyclic amines) is 1. The van der Waals surface area contributed by atoms with E-state index in [0.29, 0.717) is 25.3 Å². The molecule has 0 bridgehead atoms. The third kappa shape index (κ3) is 3.51. The van der Waals surface area contributed by atoms with Crippen molar-refractivity contribution in [1.29, 1.82) is 0 Å². The van der Waals surface area contributed by atoms with Crippen molar-refractivity contribution in [3.63, 3.8) is 0 Å². The lowest BCUT2D eigenvalue weighted by Crippen LogP contribution is -2.48. The van der Waals surface area contributed by atoms with Crippen LogP contribution in [0.25, 0.3) is 0 Å². The molecule has 130 valence electrons. The molecule has 1 aromatic heterocycles. The van der Waals surface area contributed by atoms with Crippen molar-refractivity contribution in [2.24, 2.45) is 11.7 Å². The number of morpholine rings is 1. The van der Waals surface area contributed by atoms with E-state index in [0.717, 1.165) is 31.7 Å². The smallest absolute Gasteiger partial charge is 0.255 e. The molecule has 2 aliphatic rings. The van der Waals surface area contributed by atoms with Gasteiger partial charge in [-0.15, -0.1) is 0 Å². The van der Waals surface area contributed by atoms with Crippen LogP contribution in [0, 0.1) is 5.92 Å². The lowest BCUT2D eigenvalue weighted by atomic mass is 9.92. The van der Waals surface area contributed by atoms with Crippen molar-refractivity contribution >= 4 is 17.6 Å². The third-order valence-electron chi connectivity index (χ3n) is 4.88. The van der Waals surface area contributed by atoms with Gasteiger partial charge in [-0.05, 0) is 31.9 Å². The molecule has 7 heteroatoms. The molecule has 2 atom stereocenters. The monoisotopic (exact) mass is 332 g/mol. The molecule has 2 saturated heterocycles. The van der Waals surface area contributed by atoms with Gasteiger partial charge in [0.1, 0.15) is 5.82 Å². The maximum atomic E-state index is 12.8. The van der Waals surface area contributed by atoms with Gasteiger partial charge >= 0.3 is 0 Å². The Balaban J connectivity index is 1.70. The van der Waals surface area contributed by atoms with Crippen molar-refractivity contribution < 1.29 is 14.3 Å². The van der Waals surface area contributed by atoms with E-state index in [1.54, 1.807) is 17.2 Å². The van der Waals surface area contributed by atoms with Gasteiger partial charge in [0, 0.05) is 31.9 Å². The summed E-state index contributed by atoms with van der Waals surface area (Å²) in [5.41, 5.74) is 5.96. The number of carbonyl (C=O) groups excluding carboxylic acids is 2. The number of nitrogens with zero attached hydrogens (tertiary/aromatic N) is 3. The number of ether oxygens (including phenoxy) is 1. The number of primary amides is 1. The van der Waals surface area contributed by atoms with Crippen molar-refractivity contribution in [3.05, 3.63) is 23.9 Å². The largest absolute Gasteiger partial charge is 0.378 e. The Morgan fingerprint density at radius 3 is 2.62 bits per heavy atom. The minimum absolute atomic E-state index is 0.0884. The normalized spacial score (nSPS) is 24.7. The molecule has 2 amide bonds. The molecule has 0 radical (unpaired) electrons. The second-order valence-electron chi connectivity index (χ2n) is 6.49. The van der Waals surface area contributed by atoms with E-state index in [-0.39, 0.29) is 23.8 Å². The van der Waals surface area contributed by atoms with Gasteiger partial charge in [0.15, 0.2) is 0 Å². The van der Waals surface area contributed by atoms with E-state index < -0.39 is 0 Å². The molecule has 2 N–H and O–H groups in total. The Morgan fingerprint density at radius 1 is 1.25 bits per heavy atom. The first-order valence-corrected chi connectivity index (χ1v) is 8.45. The van der Waals surface area contributed by atoms with Crippen molar-refractivity contribution in [1.82, 2.24) is 9.88 Å². The van der Waals surface area contributed by atoms with Crippen molar-refractivity contribution in [2.45, 2.75) is 25.8 Å². The van der Waals surface area contributed by atoms with Crippen LogP contribution >= 0.6 is 0 Å². The number of hydrogen-bond acceptors (Lipinski definition) is 5. The zero-order chi connectivity index (χ0) is 17.1. The topological polar surface area (TPSA) is 88.8 Å². The maximum Gasteiger partial charge on any atom is 0.255 e. The van der Waals surface area contributed by atoms with E-state index in [4.69, 9.17) is 10.5 Å². The van der Waals surface area contributed by atoms with E-state index in [2.05, 4.69) is 9.88 Å². The van der Waals surface area contributed by atoms with Crippen LogP contribution in [0.2, 0.25) is 0 Å². The van der Waals surface area contributed by atoms with Gasteiger partial charge in [-0.25, -0.2) is 4.98 Å². The Labute approximate surface area is 141 Å². The van der Waals surface area contributed by atoms with E-state index in [9.17, 15) is 9.59 Å². The molecule has 3 rings (SSSR count). The number of hydrogen-bond donors (Lipinski definition) is 1. The Morgan fingerprint density at radius 2 is 2.00 bits per heavy atom. The van der Waals surface area contributed by atoms with Crippen LogP contribution in [0.4, 0.5) is 5.82 Å². The fourth-order valence-corrected chi connectivity index (χ4v) is 3.28. The molecule has 3 heterocycles. The highest BCUT2D eigenvalue weighted by Gasteiger charge is 2.32. The summed E-state index contributed by atoms with van der Waals surface area (Å²) in [6, 6.07) is 3.78. The fourth-order valence-electron chi connectivity index (χ4n) is 3.28. The Bertz CT molecular complexity index is 598. The standard InChI is InChI=1S/C17H24N4O3/c1-12-2-3-14(16(18)22)11-21(12)17(23)13-4-5-15(19-10-13)20-6-8-24-9-7-20/h4-5,10,12,14H,2-3,6-9,11H2,1H3,(H2,18,22)/t12-,14-/m1/s1. The highest BCUT2D eigenvalue weighted by Crippen LogP contribution is 2.24. The average Bonchev–Trinajstić information content (AvgIpc) is 2.62. The molecule has 0 saturated carbocycles. The number of aromatic nitrogens is 1. The molecular formula is C17H24N4O3. The van der Waals surface area contributed by atoms with Crippen LogP contribution in [0.1, 0.15) is 30.1 Å². The SMILES string of the molecule is C[C@@H]1CC[C@@H](C(N)=O)CN1C(=O)c1ccc(N2CCOCC2)nc1. The second kappa shape index (κ2) is 7.17. The molecule has 0 unspecified atom stereocenters. The average molecular weight is 332 g/mol. The number of amides is 2. The van der Waals surface area contributed by atoms with E-state index >= 15 is 0 Å². The highest BCUT2D eigenvalue weighted by molar-refractivity contribution is 5.94. The molecular weight excluding hydrogens is 308 g/mol. The Kier molecular flexibility index (Phi) is 4.99. The summed E-state index contributed by atoms with van der Waals surface area (Å²) in [4.78, 5) is 32.5. The number of nitrogens with two attached hydrogens (primary N) is 1. The minimum atomic E-state index is -0.333. The van der Waals surface area contributed by atoms with Gasteiger partial charge in [-0.2, -0.15) is 0 Å². The van der Waals surface area contributed by atoms with Crippen molar-refractivity contribution in [2.75, 3.05) is 37.7 Å². The maximum absolute atomic E-state index is 12.8. The quantitative estimate of drug-likeness (QED) is 0.878. The summed E-state index contributed by atoms with van der Waals surface area (Å²) in [5.74, 6) is 0.178. The molecule has 24 heavy (non-hydrogen) atoms. The molecule has 0 spiro atoms. The molecule has 1 aromatic rings. The van der Waals surface area contributed by atoms with Crippen LogP contribution < -0.4 is 10.6 Å². The summed E-state index contributed by atoms with van der Waals surface area (Å²) in [7, 11) is 0. The number of pyridine rings is 1. The summed E-state index contributed by atoms with van der Waals surface area (Å²) in [6.45, 7) is 5.41. The summed E-state index contributed by atoms with van der Waals surface area (Å²) < 4.78 is 5.34. The second-order valence-corrected chi connectivity index (χ2v) is 6.49. The highest BCUT2D eigenvalue weighted by atomic mass is 16.5. The van der Waals surface area contributed by atoms with Crippen LogP contribution in [0.15, 0.2) is 18.3 Å². The molecule has 7 nitrogen and oxygen atoms in total. The van der Waals surface area contributed by atoms with Crippen molar-refractivity contribution in [3.8, 4) is 0 Å². The molecule has 2 aliphatic heterocycles. The number of carbonyl (C=O) groups is 2. The lowest BCUT2D eigenvalue weighted by molar-refractivity contribution is -0.123. The summed E-state index contributed by atoms with van der Waals surface area (Å²) in [6.07, 6.45) is 3.15. The van der Waals surface area contributed by atoms with Gasteiger partial charge in [0.05, 0.1) is 24.7 Å². The predicted octanol–water partition coefficient (Wildman–Crippen LogP) is 0.644. The number of piperidine rings is 1.